The number of ether oxygens (including phenoxy) is 3. The minimum absolute atomic E-state index is 0.0865. The highest BCUT2D eigenvalue weighted by molar-refractivity contribution is 5.70. The maximum Gasteiger partial charge on any atom is 0.306 e. The largest absolute Gasteiger partial charge is 0.496 e. The van der Waals surface area contributed by atoms with Gasteiger partial charge in [-0.05, 0) is 60.3 Å². The smallest absolute Gasteiger partial charge is 0.306 e. The van der Waals surface area contributed by atoms with Gasteiger partial charge in [0, 0.05) is 13.2 Å². The van der Waals surface area contributed by atoms with Crippen LogP contribution in [-0.4, -0.2) is 61.1 Å². The van der Waals surface area contributed by atoms with E-state index >= 15 is 0 Å². The molecule has 5 atom stereocenters. The molecule has 0 spiro atoms. The molecule has 0 amide bonds. The van der Waals surface area contributed by atoms with Crippen LogP contribution in [0.5, 0.6) is 5.75 Å². The van der Waals surface area contributed by atoms with Crippen LogP contribution in [0.1, 0.15) is 57.8 Å². The number of hydrogen-bond donors (Lipinski definition) is 4. The second-order valence-electron chi connectivity index (χ2n) is 9.38. The summed E-state index contributed by atoms with van der Waals surface area (Å²) >= 11 is 0. The number of nitrogens with two attached hydrogens (primary N) is 1. The van der Waals surface area contributed by atoms with Gasteiger partial charge in [0.1, 0.15) is 12.5 Å². The van der Waals surface area contributed by atoms with Crippen molar-refractivity contribution in [2.75, 3.05) is 27.6 Å². The van der Waals surface area contributed by atoms with Crippen LogP contribution in [0.2, 0.25) is 0 Å². The molecule has 5 N–H and O–H groups in total. The lowest BCUT2D eigenvalue weighted by Crippen LogP contribution is -2.41. The Labute approximate surface area is 198 Å². The Morgan fingerprint density at radius 3 is 2.24 bits per heavy atom. The average Bonchev–Trinajstić information content (AvgIpc) is 2.76. The van der Waals surface area contributed by atoms with Crippen molar-refractivity contribution in [3.8, 4) is 5.75 Å². The molecule has 0 aromatic heterocycles. The lowest BCUT2D eigenvalue weighted by atomic mass is 9.79. The van der Waals surface area contributed by atoms with Gasteiger partial charge in [-0.1, -0.05) is 33.8 Å². The van der Waals surface area contributed by atoms with Crippen LogP contribution in [0.15, 0.2) is 18.2 Å². The first kappa shape index (κ1) is 29.3. The summed E-state index contributed by atoms with van der Waals surface area (Å²) in [4.78, 5) is 11.5. The van der Waals surface area contributed by atoms with Crippen molar-refractivity contribution >= 4 is 5.97 Å². The fourth-order valence-corrected chi connectivity index (χ4v) is 4.08. The number of carboxylic acid groups (broad SMARTS) is 1. The molecule has 1 rings (SSSR count). The van der Waals surface area contributed by atoms with E-state index in [0.29, 0.717) is 25.2 Å². The molecule has 8 nitrogen and oxygen atoms in total. The quantitative estimate of drug-likeness (QED) is 0.215. The van der Waals surface area contributed by atoms with Crippen LogP contribution in [-0.2, 0) is 20.7 Å². The SMILES string of the molecule is COCOCCc1cc([C@H](O)[C@@H](C[C@H](N)[C@@H](O)C[C@H](C(=O)O)C(C)C)C(C)C)ccc1OC. The Hall–Kier alpha value is -1.71. The number of aliphatic hydroxyl groups is 2. The molecule has 0 heterocycles. The Balaban J connectivity index is 2.97. The molecule has 190 valence electrons. The zero-order valence-corrected chi connectivity index (χ0v) is 20.9. The first-order valence-corrected chi connectivity index (χ1v) is 11.6. The fraction of sp³-hybridized carbons (Fsp3) is 0.720. The molecule has 8 heteroatoms. The number of benzene rings is 1. The van der Waals surface area contributed by atoms with Gasteiger partial charge in [0.15, 0.2) is 0 Å². The lowest BCUT2D eigenvalue weighted by Gasteiger charge is -2.32. The lowest BCUT2D eigenvalue weighted by molar-refractivity contribution is -0.144. The predicted molar refractivity (Wildman–Crippen MR) is 127 cm³/mol. The minimum Gasteiger partial charge on any atom is -0.496 e. The van der Waals surface area contributed by atoms with E-state index in [4.69, 9.17) is 19.9 Å². The fourth-order valence-electron chi connectivity index (χ4n) is 4.08. The summed E-state index contributed by atoms with van der Waals surface area (Å²) in [5.74, 6) is -1.12. The van der Waals surface area contributed by atoms with Crippen molar-refractivity contribution in [1.82, 2.24) is 0 Å². The topological polar surface area (TPSA) is 131 Å². The molecule has 1 aromatic rings. The molecule has 0 radical (unpaired) electrons. The van der Waals surface area contributed by atoms with Crippen LogP contribution < -0.4 is 10.5 Å². The summed E-state index contributed by atoms with van der Waals surface area (Å²) in [7, 11) is 3.17. The first-order valence-electron chi connectivity index (χ1n) is 11.6. The standard InChI is InChI=1S/C25H43NO7/c1-15(2)19(12-21(26)22(27)13-20(16(3)4)25(29)30)24(28)18-7-8-23(32-6)17(11-18)9-10-33-14-31-5/h7-8,11,15-16,19-22,24,27-28H,9-10,12-14,26H2,1-6H3,(H,29,30)/t19-,20-,21-,22-,24-/m0/s1. The van der Waals surface area contributed by atoms with Gasteiger partial charge in [0.05, 0.1) is 31.8 Å². The molecule has 33 heavy (non-hydrogen) atoms. The number of aliphatic hydroxyl groups excluding tert-OH is 2. The number of hydrogen-bond acceptors (Lipinski definition) is 7. The molecule has 0 saturated heterocycles. The van der Waals surface area contributed by atoms with Crippen molar-refractivity contribution in [3.05, 3.63) is 29.3 Å². The maximum absolute atomic E-state index is 11.5. The third-order valence-electron chi connectivity index (χ3n) is 6.28. The number of carboxylic acids is 1. The van der Waals surface area contributed by atoms with Gasteiger partial charge in [0.2, 0.25) is 0 Å². The zero-order valence-electron chi connectivity index (χ0n) is 20.9. The monoisotopic (exact) mass is 469 g/mol. The van der Waals surface area contributed by atoms with Crippen molar-refractivity contribution in [3.63, 3.8) is 0 Å². The number of rotatable bonds is 16. The van der Waals surface area contributed by atoms with Gasteiger partial charge >= 0.3 is 5.97 Å². The summed E-state index contributed by atoms with van der Waals surface area (Å²) in [5.41, 5.74) is 7.94. The number of aliphatic carboxylic acids is 1. The summed E-state index contributed by atoms with van der Waals surface area (Å²) in [6.45, 7) is 8.31. The molecular weight excluding hydrogens is 426 g/mol. The van der Waals surface area contributed by atoms with Gasteiger partial charge < -0.3 is 35.3 Å². The first-order chi connectivity index (χ1) is 15.5. The molecule has 0 aliphatic heterocycles. The van der Waals surface area contributed by atoms with Crippen molar-refractivity contribution in [2.45, 2.75) is 65.2 Å². The third kappa shape index (κ3) is 9.22. The molecule has 0 bridgehead atoms. The molecule has 0 aliphatic carbocycles. The zero-order chi connectivity index (χ0) is 25.1. The molecular formula is C25H43NO7. The predicted octanol–water partition coefficient (Wildman–Crippen LogP) is 2.99. The van der Waals surface area contributed by atoms with E-state index in [-0.39, 0.29) is 31.0 Å². The Morgan fingerprint density at radius 1 is 1.06 bits per heavy atom. The molecule has 0 aliphatic rings. The van der Waals surface area contributed by atoms with E-state index in [1.54, 1.807) is 14.2 Å². The van der Waals surface area contributed by atoms with E-state index in [0.717, 1.165) is 11.1 Å². The third-order valence-corrected chi connectivity index (χ3v) is 6.28. The number of methoxy groups -OCH3 is 2. The van der Waals surface area contributed by atoms with Gasteiger partial charge in [0.25, 0.3) is 0 Å². The van der Waals surface area contributed by atoms with Crippen molar-refractivity contribution < 1.29 is 34.3 Å². The van der Waals surface area contributed by atoms with Crippen molar-refractivity contribution in [1.29, 1.82) is 0 Å². The molecule has 0 saturated carbocycles. The van der Waals surface area contributed by atoms with Gasteiger partial charge in [-0.25, -0.2) is 0 Å². The Morgan fingerprint density at radius 2 is 1.73 bits per heavy atom. The highest BCUT2D eigenvalue weighted by atomic mass is 16.7. The normalized spacial score (nSPS) is 16.5. The molecule has 0 fully saturated rings. The van der Waals surface area contributed by atoms with E-state index in [1.165, 1.54) is 0 Å². The Bertz CT molecular complexity index is 710. The second-order valence-corrected chi connectivity index (χ2v) is 9.38. The summed E-state index contributed by atoms with van der Waals surface area (Å²) < 4.78 is 15.7. The maximum atomic E-state index is 11.5. The van der Waals surface area contributed by atoms with E-state index in [1.807, 2.05) is 45.9 Å². The summed E-state index contributed by atoms with van der Waals surface area (Å²) in [5, 5.41) is 31.2. The summed E-state index contributed by atoms with van der Waals surface area (Å²) in [6.07, 6.45) is -0.713. The van der Waals surface area contributed by atoms with Gasteiger partial charge in [-0.3, -0.25) is 4.79 Å². The molecule has 0 unspecified atom stereocenters. The van der Waals surface area contributed by atoms with Crippen LogP contribution in [0.25, 0.3) is 0 Å². The van der Waals surface area contributed by atoms with E-state index < -0.39 is 30.1 Å². The summed E-state index contributed by atoms with van der Waals surface area (Å²) in [6, 6.07) is 4.93. The van der Waals surface area contributed by atoms with E-state index in [9.17, 15) is 20.1 Å². The highest BCUT2D eigenvalue weighted by Crippen LogP contribution is 2.35. The number of carbonyl (C=O) groups is 1. The minimum atomic E-state index is -0.966. The van der Waals surface area contributed by atoms with E-state index in [2.05, 4.69) is 0 Å². The molecule has 1 aromatic carbocycles. The highest BCUT2D eigenvalue weighted by Gasteiger charge is 2.32. The van der Waals surface area contributed by atoms with Gasteiger partial charge in [-0.2, -0.15) is 0 Å². The van der Waals surface area contributed by atoms with Crippen LogP contribution >= 0.6 is 0 Å². The van der Waals surface area contributed by atoms with Crippen LogP contribution in [0, 0.1) is 23.7 Å². The second kappa shape index (κ2) is 14.5. The van der Waals surface area contributed by atoms with Gasteiger partial charge in [-0.15, -0.1) is 0 Å². The average molecular weight is 470 g/mol. The van der Waals surface area contributed by atoms with Crippen molar-refractivity contribution in [2.24, 2.45) is 29.4 Å². The Kier molecular flexibility index (Phi) is 12.9. The van der Waals surface area contributed by atoms with Crippen LogP contribution in [0.4, 0.5) is 0 Å². The van der Waals surface area contributed by atoms with Crippen LogP contribution in [0.3, 0.4) is 0 Å².